The number of aromatic amines is 1. The highest BCUT2D eigenvalue weighted by Gasteiger charge is 1.97. The van der Waals surface area contributed by atoms with Gasteiger partial charge in [-0.05, 0) is 6.92 Å². The maximum atomic E-state index is 10.8. The monoisotopic (exact) mass is 171 g/mol. The lowest BCUT2D eigenvalue weighted by Gasteiger charge is -1.96. The molecule has 0 saturated carbocycles. The zero-order chi connectivity index (χ0) is 9.72. The lowest BCUT2D eigenvalue weighted by molar-refractivity contribution is 0.709. The van der Waals surface area contributed by atoms with E-state index in [2.05, 4.69) is 10.2 Å². The fraction of sp³-hybridized carbons (Fsp3) is 0.571. The van der Waals surface area contributed by atoms with Gasteiger partial charge >= 0.3 is 11.1 Å². The first-order chi connectivity index (χ1) is 5.63. The van der Waals surface area contributed by atoms with Gasteiger partial charge in [0.25, 0.3) is 0 Å². The Bertz CT molecular complexity index is 350. The van der Waals surface area contributed by atoms with Gasteiger partial charge in [0, 0.05) is 7.05 Å². The summed E-state index contributed by atoms with van der Waals surface area (Å²) in [4.78, 5) is 21.3. The zero-order valence-corrected chi connectivity index (χ0v) is 7.71. The molecule has 12 heavy (non-hydrogen) atoms. The van der Waals surface area contributed by atoms with E-state index in [0.29, 0.717) is 5.82 Å². The van der Waals surface area contributed by atoms with Gasteiger partial charge in [0.2, 0.25) is 0 Å². The predicted octanol–water partition coefficient (Wildman–Crippen LogP) is -0.197. The van der Waals surface area contributed by atoms with Crippen molar-refractivity contribution in [3.63, 3.8) is 0 Å². The fourth-order valence-corrected chi connectivity index (χ4v) is 0.554. The average molecular weight is 171 g/mol. The van der Waals surface area contributed by atoms with E-state index in [4.69, 9.17) is 0 Å². The molecule has 5 heteroatoms. The van der Waals surface area contributed by atoms with Crippen LogP contribution in [0.1, 0.15) is 19.7 Å². The third-order valence-electron chi connectivity index (χ3n) is 1.30. The van der Waals surface area contributed by atoms with Crippen LogP contribution < -0.4 is 11.1 Å². The highest BCUT2D eigenvalue weighted by Crippen LogP contribution is 1.75. The third-order valence-corrected chi connectivity index (χ3v) is 1.30. The van der Waals surface area contributed by atoms with Crippen molar-refractivity contribution < 1.29 is 0 Å². The van der Waals surface area contributed by atoms with E-state index in [9.17, 15) is 9.59 Å². The number of hydrogen-bond acceptors (Lipinski definition) is 3. The first-order valence-electron chi connectivity index (χ1n) is 3.75. The van der Waals surface area contributed by atoms with Gasteiger partial charge < -0.3 is 0 Å². The third kappa shape index (κ3) is 2.05. The molecular weight excluding hydrogens is 158 g/mol. The van der Waals surface area contributed by atoms with E-state index in [-0.39, 0.29) is 0 Å². The van der Waals surface area contributed by atoms with Crippen LogP contribution in [0.3, 0.4) is 0 Å². The predicted molar refractivity (Wildman–Crippen MR) is 46.2 cm³/mol. The molecule has 1 N–H and O–H groups in total. The minimum atomic E-state index is -0.687. The van der Waals surface area contributed by atoms with E-state index in [1.54, 1.807) is 6.92 Å². The van der Waals surface area contributed by atoms with Crippen LogP contribution in [0.5, 0.6) is 0 Å². The summed E-state index contributed by atoms with van der Waals surface area (Å²) < 4.78 is 1.19. The summed E-state index contributed by atoms with van der Waals surface area (Å²) in [5.74, 6) is 0.490. The highest BCUT2D eigenvalue weighted by atomic mass is 16.2. The van der Waals surface area contributed by atoms with Gasteiger partial charge in [0.05, 0.1) is 0 Å². The van der Waals surface area contributed by atoms with Crippen molar-refractivity contribution in [2.45, 2.75) is 20.8 Å². The molecule has 0 atom stereocenters. The Morgan fingerprint density at radius 1 is 1.33 bits per heavy atom. The summed E-state index contributed by atoms with van der Waals surface area (Å²) >= 11 is 0. The average Bonchev–Trinajstić information content (AvgIpc) is 2.12. The molecule has 1 rings (SSSR count). The number of rotatable bonds is 0. The molecule has 0 aliphatic carbocycles. The largest absolute Gasteiger partial charge is 0.330 e. The van der Waals surface area contributed by atoms with E-state index in [1.165, 1.54) is 11.6 Å². The summed E-state index contributed by atoms with van der Waals surface area (Å²) in [6, 6.07) is 0. The Morgan fingerprint density at radius 3 is 2.25 bits per heavy atom. The van der Waals surface area contributed by atoms with Gasteiger partial charge in [-0.25, -0.2) is 5.10 Å². The van der Waals surface area contributed by atoms with Crippen LogP contribution in [-0.2, 0) is 7.05 Å². The molecule has 1 heterocycles. The van der Waals surface area contributed by atoms with Crippen molar-refractivity contribution in [3.8, 4) is 0 Å². The van der Waals surface area contributed by atoms with Crippen molar-refractivity contribution in [3.05, 3.63) is 26.5 Å². The molecule has 1 aromatic rings. The van der Waals surface area contributed by atoms with Crippen molar-refractivity contribution in [1.29, 1.82) is 0 Å². The maximum absolute atomic E-state index is 10.8. The summed E-state index contributed by atoms with van der Waals surface area (Å²) in [5, 5.41) is 5.63. The molecule has 1 aromatic heterocycles. The summed E-state index contributed by atoms with van der Waals surface area (Å²) in [6.07, 6.45) is 0. The first kappa shape index (κ1) is 10.6. The highest BCUT2D eigenvalue weighted by molar-refractivity contribution is 4.82. The molecule has 68 valence electrons. The Morgan fingerprint density at radius 2 is 1.83 bits per heavy atom. The lowest BCUT2D eigenvalue weighted by atomic mass is 10.6. The topological polar surface area (TPSA) is 67.8 Å². The van der Waals surface area contributed by atoms with Crippen molar-refractivity contribution in [2.75, 3.05) is 0 Å². The van der Waals surface area contributed by atoms with Crippen LogP contribution in [0, 0.1) is 6.92 Å². The fourth-order valence-electron chi connectivity index (χ4n) is 0.554. The van der Waals surface area contributed by atoms with Crippen LogP contribution in [0.15, 0.2) is 9.59 Å². The summed E-state index contributed by atoms with van der Waals surface area (Å²) in [5.41, 5.74) is -1.26. The van der Waals surface area contributed by atoms with Gasteiger partial charge in [-0.3, -0.25) is 14.2 Å². The number of nitrogens with one attached hydrogen (secondary N) is 1. The van der Waals surface area contributed by atoms with Crippen LogP contribution in [0.25, 0.3) is 0 Å². The maximum Gasteiger partial charge on any atom is 0.330 e. The summed E-state index contributed by atoms with van der Waals surface area (Å²) in [7, 11) is 1.50. The smallest absolute Gasteiger partial charge is 0.294 e. The Labute approximate surface area is 70.1 Å². The number of aryl methyl sites for hydroxylation is 1. The standard InChI is InChI=1S/C5H7N3O2.C2H6/c1-3-6-7-4(9)5(10)8(3)2;1-2/h1-2H3,(H,7,9);1-2H3. The molecule has 0 saturated heterocycles. The Kier molecular flexibility index (Phi) is 3.96. The van der Waals surface area contributed by atoms with Crippen LogP contribution in [-0.4, -0.2) is 14.8 Å². The molecule has 0 fully saturated rings. The quantitative estimate of drug-likeness (QED) is 0.550. The van der Waals surface area contributed by atoms with E-state index in [0.717, 1.165) is 0 Å². The van der Waals surface area contributed by atoms with E-state index in [1.807, 2.05) is 13.8 Å². The van der Waals surface area contributed by atoms with Gasteiger partial charge in [0.1, 0.15) is 5.82 Å². The van der Waals surface area contributed by atoms with Gasteiger partial charge in [-0.1, -0.05) is 13.8 Å². The molecule has 0 aromatic carbocycles. The Balaban J connectivity index is 0.000000561. The second-order valence-electron chi connectivity index (χ2n) is 1.96. The van der Waals surface area contributed by atoms with Crippen molar-refractivity contribution in [1.82, 2.24) is 14.8 Å². The molecule has 0 aliphatic heterocycles. The van der Waals surface area contributed by atoms with Crippen molar-refractivity contribution >= 4 is 0 Å². The van der Waals surface area contributed by atoms with E-state index >= 15 is 0 Å². The van der Waals surface area contributed by atoms with Gasteiger partial charge in [-0.15, -0.1) is 0 Å². The molecule has 0 aliphatic rings. The van der Waals surface area contributed by atoms with Crippen LogP contribution >= 0.6 is 0 Å². The normalized spacial score (nSPS) is 8.67. The Hall–Kier alpha value is -1.39. The van der Waals surface area contributed by atoms with Crippen LogP contribution in [0.2, 0.25) is 0 Å². The lowest BCUT2D eigenvalue weighted by Crippen LogP contribution is -2.37. The first-order valence-corrected chi connectivity index (χ1v) is 3.75. The molecular formula is C7H13N3O2. The second-order valence-corrected chi connectivity index (χ2v) is 1.96. The summed E-state index contributed by atoms with van der Waals surface area (Å²) in [6.45, 7) is 5.64. The molecule has 5 nitrogen and oxygen atoms in total. The molecule has 0 spiro atoms. The number of hydrogen-bond donors (Lipinski definition) is 1. The van der Waals surface area contributed by atoms with E-state index < -0.39 is 11.1 Å². The zero-order valence-electron chi connectivity index (χ0n) is 7.71. The second kappa shape index (κ2) is 4.48. The minimum Gasteiger partial charge on any atom is -0.294 e. The number of aromatic nitrogens is 3. The van der Waals surface area contributed by atoms with Crippen LogP contribution in [0.4, 0.5) is 0 Å². The van der Waals surface area contributed by atoms with Gasteiger partial charge in [0.15, 0.2) is 0 Å². The SMILES string of the molecule is CC.Cc1n[nH]c(=O)c(=O)n1C. The minimum absolute atomic E-state index is 0.490. The number of nitrogens with zero attached hydrogens (tertiary/aromatic N) is 2. The van der Waals surface area contributed by atoms with Crippen molar-refractivity contribution in [2.24, 2.45) is 7.05 Å². The molecule has 0 radical (unpaired) electrons. The number of H-pyrrole nitrogens is 1. The van der Waals surface area contributed by atoms with Gasteiger partial charge in [-0.2, -0.15) is 5.10 Å². The molecule has 0 unspecified atom stereocenters. The molecule has 0 amide bonds. The molecule has 0 bridgehead atoms.